The van der Waals surface area contributed by atoms with E-state index in [9.17, 15) is 4.79 Å². The van der Waals surface area contributed by atoms with Gasteiger partial charge in [-0.1, -0.05) is 19.1 Å². The van der Waals surface area contributed by atoms with E-state index in [1.54, 1.807) is 0 Å². The van der Waals surface area contributed by atoms with E-state index in [0.717, 1.165) is 66.8 Å². The van der Waals surface area contributed by atoms with Crippen LogP contribution in [0.5, 0.6) is 0 Å². The van der Waals surface area contributed by atoms with Crippen LogP contribution in [-0.4, -0.2) is 55.9 Å². The Bertz CT molecular complexity index is 1160. The van der Waals surface area contributed by atoms with Gasteiger partial charge in [0.05, 0.1) is 18.2 Å². The highest BCUT2D eigenvalue weighted by Crippen LogP contribution is 2.32. The van der Waals surface area contributed by atoms with Gasteiger partial charge in [0.2, 0.25) is 0 Å². The van der Waals surface area contributed by atoms with Crippen LogP contribution in [0.15, 0.2) is 23.0 Å². The van der Waals surface area contributed by atoms with Gasteiger partial charge < -0.3 is 9.72 Å². The van der Waals surface area contributed by atoms with Crippen molar-refractivity contribution in [3.05, 3.63) is 51.1 Å². The predicted octanol–water partition coefficient (Wildman–Crippen LogP) is 3.13. The lowest BCUT2D eigenvalue weighted by Gasteiger charge is -2.36. The number of likely N-dealkylation sites (tertiary alicyclic amines) is 1. The first-order valence-corrected chi connectivity index (χ1v) is 11.8. The number of nitrogens with zero attached hydrogens (tertiary/aromatic N) is 5. The van der Waals surface area contributed by atoms with Crippen LogP contribution in [0, 0.1) is 19.8 Å². The molecule has 2 aromatic heterocycles. The summed E-state index contributed by atoms with van der Waals surface area (Å²) in [6, 6.07) is 5.94. The number of rotatable bonds is 5. The van der Waals surface area contributed by atoms with E-state index in [1.807, 2.05) is 11.6 Å². The molecular weight excluding hydrogens is 404 g/mol. The topological polar surface area (TPSA) is 88.9 Å². The Morgan fingerprint density at radius 2 is 2.06 bits per heavy atom. The molecule has 0 amide bonds. The number of aromatic nitrogens is 5. The van der Waals surface area contributed by atoms with Gasteiger partial charge in [0, 0.05) is 24.1 Å². The van der Waals surface area contributed by atoms with E-state index in [2.05, 4.69) is 57.5 Å². The molecule has 0 aliphatic carbocycles. The zero-order valence-corrected chi connectivity index (χ0v) is 19.2. The number of piperidine rings is 1. The molecule has 1 N–H and O–H groups in total. The minimum atomic E-state index is -0.290. The maximum absolute atomic E-state index is 13.4. The summed E-state index contributed by atoms with van der Waals surface area (Å²) in [4.78, 5) is 19.0. The largest absolute Gasteiger partial charge is 0.376 e. The summed E-state index contributed by atoms with van der Waals surface area (Å²) < 4.78 is 7.70. The number of hydrogen-bond acceptors (Lipinski definition) is 6. The molecule has 0 saturated carbocycles. The second-order valence-electron chi connectivity index (χ2n) is 9.54. The Labute approximate surface area is 188 Å². The van der Waals surface area contributed by atoms with Crippen molar-refractivity contribution in [2.75, 3.05) is 19.7 Å². The van der Waals surface area contributed by atoms with Gasteiger partial charge in [-0.25, -0.2) is 4.68 Å². The minimum absolute atomic E-state index is 0.0684. The molecule has 1 aromatic carbocycles. The fourth-order valence-corrected chi connectivity index (χ4v) is 5.27. The van der Waals surface area contributed by atoms with E-state index < -0.39 is 0 Å². The Hall–Kier alpha value is -2.58. The maximum atomic E-state index is 13.4. The fourth-order valence-electron chi connectivity index (χ4n) is 5.27. The molecule has 3 atom stereocenters. The molecule has 2 aliphatic rings. The molecule has 2 aliphatic heterocycles. The number of fused-ring (bicyclic) bond motifs is 1. The van der Waals surface area contributed by atoms with Crippen LogP contribution in [0.2, 0.25) is 0 Å². The van der Waals surface area contributed by atoms with Crippen LogP contribution < -0.4 is 5.56 Å². The number of tetrazole rings is 1. The molecule has 8 nitrogen and oxygen atoms in total. The SMILES string of the molecule is Cc1ccc(C)c2[nH]c(=O)c([C@H](c3nnnn3C[C@@H]3CCCO3)N3CCC[C@@H](C)C3)cc12. The first-order valence-electron chi connectivity index (χ1n) is 11.8. The Kier molecular flexibility index (Phi) is 5.82. The number of ether oxygens (including phenoxy) is 1. The predicted molar refractivity (Wildman–Crippen MR) is 123 cm³/mol. The van der Waals surface area contributed by atoms with Gasteiger partial charge in [-0.15, -0.1) is 5.10 Å². The van der Waals surface area contributed by atoms with Crippen molar-refractivity contribution in [2.24, 2.45) is 5.92 Å². The van der Waals surface area contributed by atoms with E-state index in [0.29, 0.717) is 18.0 Å². The van der Waals surface area contributed by atoms with Crippen molar-refractivity contribution in [1.29, 1.82) is 0 Å². The second kappa shape index (κ2) is 8.75. The van der Waals surface area contributed by atoms with Gasteiger partial charge in [-0.3, -0.25) is 9.69 Å². The van der Waals surface area contributed by atoms with E-state index >= 15 is 0 Å². The van der Waals surface area contributed by atoms with Crippen molar-refractivity contribution >= 4 is 10.9 Å². The van der Waals surface area contributed by atoms with Gasteiger partial charge in [0.15, 0.2) is 5.82 Å². The van der Waals surface area contributed by atoms with E-state index in [4.69, 9.17) is 4.74 Å². The molecule has 0 spiro atoms. The lowest BCUT2D eigenvalue weighted by molar-refractivity contribution is 0.0889. The molecule has 2 saturated heterocycles. The summed E-state index contributed by atoms with van der Waals surface area (Å²) >= 11 is 0. The monoisotopic (exact) mass is 436 g/mol. The molecule has 3 aromatic rings. The Balaban J connectivity index is 1.63. The van der Waals surface area contributed by atoms with E-state index in [-0.39, 0.29) is 17.7 Å². The summed E-state index contributed by atoms with van der Waals surface area (Å²) in [7, 11) is 0. The summed E-state index contributed by atoms with van der Waals surface area (Å²) in [6.45, 7) is 9.64. The number of hydrogen-bond donors (Lipinski definition) is 1. The number of H-pyrrole nitrogens is 1. The van der Waals surface area contributed by atoms with Crippen LogP contribution in [0.3, 0.4) is 0 Å². The average molecular weight is 437 g/mol. The third-order valence-electron chi connectivity index (χ3n) is 7.03. The summed E-state index contributed by atoms with van der Waals surface area (Å²) in [6.07, 6.45) is 4.51. The van der Waals surface area contributed by atoms with Crippen molar-refractivity contribution < 1.29 is 4.74 Å². The molecule has 170 valence electrons. The first kappa shape index (κ1) is 21.3. The van der Waals surface area contributed by atoms with Crippen LogP contribution in [0.1, 0.15) is 61.2 Å². The zero-order valence-electron chi connectivity index (χ0n) is 19.2. The molecule has 0 bridgehead atoms. The first-order chi connectivity index (χ1) is 15.5. The van der Waals surface area contributed by atoms with Crippen molar-refractivity contribution in [2.45, 2.75) is 65.1 Å². The van der Waals surface area contributed by atoms with Gasteiger partial charge in [-0.2, -0.15) is 0 Å². The van der Waals surface area contributed by atoms with Crippen LogP contribution in [-0.2, 0) is 11.3 Å². The van der Waals surface area contributed by atoms with Gasteiger partial charge in [-0.05, 0) is 79.6 Å². The highest BCUT2D eigenvalue weighted by Gasteiger charge is 2.33. The third-order valence-corrected chi connectivity index (χ3v) is 7.03. The van der Waals surface area contributed by atoms with Crippen molar-refractivity contribution in [3.8, 4) is 0 Å². The normalized spacial score (nSPS) is 23.1. The molecule has 0 radical (unpaired) electrons. The lowest BCUT2D eigenvalue weighted by atomic mass is 9.95. The molecule has 4 heterocycles. The third kappa shape index (κ3) is 3.97. The molecule has 2 fully saturated rings. The number of aryl methyl sites for hydroxylation is 2. The highest BCUT2D eigenvalue weighted by molar-refractivity contribution is 5.85. The molecule has 32 heavy (non-hydrogen) atoms. The molecule has 8 heteroatoms. The van der Waals surface area contributed by atoms with Crippen molar-refractivity contribution in [3.63, 3.8) is 0 Å². The molecule has 0 unspecified atom stereocenters. The molecular formula is C24H32N6O2. The quantitative estimate of drug-likeness (QED) is 0.661. The standard InChI is InChI=1S/C24H32N6O2/c1-15-6-4-10-29(13-15)22(23-26-27-28-30(23)14-18-7-5-11-32-18)20-12-19-16(2)8-9-17(3)21(19)25-24(20)31/h8-9,12,15,18,22H,4-7,10-11,13-14H2,1-3H3,(H,25,31)/t15-,18+,22-/m1/s1. The zero-order chi connectivity index (χ0) is 22.2. The minimum Gasteiger partial charge on any atom is -0.376 e. The van der Waals surface area contributed by atoms with Gasteiger partial charge in [0.25, 0.3) is 5.56 Å². The van der Waals surface area contributed by atoms with E-state index in [1.165, 1.54) is 6.42 Å². The average Bonchev–Trinajstić information content (AvgIpc) is 3.45. The van der Waals surface area contributed by atoms with Gasteiger partial charge >= 0.3 is 0 Å². The Morgan fingerprint density at radius 3 is 2.84 bits per heavy atom. The number of aromatic amines is 1. The lowest BCUT2D eigenvalue weighted by Crippen LogP contribution is -2.41. The molecule has 5 rings (SSSR count). The number of benzene rings is 1. The second-order valence-corrected chi connectivity index (χ2v) is 9.54. The van der Waals surface area contributed by atoms with Crippen molar-refractivity contribution in [1.82, 2.24) is 30.1 Å². The smallest absolute Gasteiger partial charge is 0.253 e. The number of nitrogens with one attached hydrogen (secondary N) is 1. The van der Waals surface area contributed by atoms with Gasteiger partial charge in [0.1, 0.15) is 6.04 Å². The maximum Gasteiger partial charge on any atom is 0.253 e. The van der Waals surface area contributed by atoms with Crippen LogP contribution >= 0.6 is 0 Å². The fraction of sp³-hybridized carbons (Fsp3) is 0.583. The number of pyridine rings is 1. The summed E-state index contributed by atoms with van der Waals surface area (Å²) in [5, 5.41) is 13.8. The summed E-state index contributed by atoms with van der Waals surface area (Å²) in [5.74, 6) is 1.29. The van der Waals surface area contributed by atoms with Crippen LogP contribution in [0.4, 0.5) is 0 Å². The summed E-state index contributed by atoms with van der Waals surface area (Å²) in [5.41, 5.74) is 3.77. The van der Waals surface area contributed by atoms with Crippen LogP contribution in [0.25, 0.3) is 10.9 Å². The highest BCUT2D eigenvalue weighted by atomic mass is 16.5. The Morgan fingerprint density at radius 1 is 1.22 bits per heavy atom.